The molecule has 1 N–H and O–H groups in total. The summed E-state index contributed by atoms with van der Waals surface area (Å²) in [5.74, 6) is 1.18. The monoisotopic (exact) mass is 193 g/mol. The van der Waals surface area contributed by atoms with Gasteiger partial charge in [0.05, 0.1) is 12.3 Å². The number of hydrogen-bond acceptors (Lipinski definition) is 3. The lowest BCUT2D eigenvalue weighted by atomic mass is 9.81. The van der Waals surface area contributed by atoms with Crippen LogP contribution >= 0.6 is 0 Å². The summed E-state index contributed by atoms with van der Waals surface area (Å²) < 4.78 is 5.41. The number of hydrogen-bond donors (Lipinski definition) is 1. The highest BCUT2D eigenvalue weighted by atomic mass is 16.5. The molecule has 0 aromatic carbocycles. The molecule has 1 saturated carbocycles. The van der Waals surface area contributed by atoms with Crippen LogP contribution in [0, 0.1) is 5.92 Å². The van der Waals surface area contributed by atoms with Gasteiger partial charge in [0.2, 0.25) is 0 Å². The summed E-state index contributed by atoms with van der Waals surface area (Å²) in [4.78, 5) is 3.93. The fraction of sp³-hybridized carbons (Fsp3) is 0.545. The van der Waals surface area contributed by atoms with Crippen molar-refractivity contribution in [1.82, 2.24) is 4.98 Å². The first-order chi connectivity index (χ1) is 6.86. The van der Waals surface area contributed by atoms with Gasteiger partial charge in [-0.25, -0.2) is 0 Å². The average molecular weight is 193 g/mol. The maximum Gasteiger partial charge on any atom is 0.137 e. The Morgan fingerprint density at radius 1 is 1.57 bits per heavy atom. The van der Waals surface area contributed by atoms with Crippen LogP contribution < -0.4 is 4.74 Å². The van der Waals surface area contributed by atoms with Crippen molar-refractivity contribution < 1.29 is 9.84 Å². The summed E-state index contributed by atoms with van der Waals surface area (Å²) in [6.45, 7) is 0.385. The van der Waals surface area contributed by atoms with E-state index in [1.54, 1.807) is 12.4 Å². The summed E-state index contributed by atoms with van der Waals surface area (Å²) in [5.41, 5.74) is 0. The molecule has 2 rings (SSSR count). The van der Waals surface area contributed by atoms with Crippen LogP contribution in [0.25, 0.3) is 0 Å². The first kappa shape index (κ1) is 9.46. The molecule has 0 radical (unpaired) electrons. The maximum absolute atomic E-state index is 9.68. The van der Waals surface area contributed by atoms with Gasteiger partial charge in [0.25, 0.3) is 0 Å². The van der Waals surface area contributed by atoms with Crippen molar-refractivity contribution in [2.45, 2.75) is 25.4 Å². The van der Waals surface area contributed by atoms with Crippen LogP contribution in [-0.4, -0.2) is 22.8 Å². The normalized spacial score (nSPS) is 18.6. The number of ether oxygens (including phenoxy) is 1. The Bertz CT molecular complexity index is 272. The number of aromatic nitrogens is 1. The second-order valence-electron chi connectivity index (χ2n) is 3.76. The number of pyridine rings is 1. The Hall–Kier alpha value is -1.09. The highest BCUT2D eigenvalue weighted by Crippen LogP contribution is 2.29. The van der Waals surface area contributed by atoms with E-state index in [9.17, 15) is 5.11 Å². The standard InChI is InChI=1S/C11H15NO2/c13-11(9-3-1-4-9)8-14-10-5-2-6-12-7-10/h2,5-7,9,11,13H,1,3-4,8H2. The predicted molar refractivity (Wildman–Crippen MR) is 53.1 cm³/mol. The molecule has 1 aliphatic carbocycles. The molecule has 1 heterocycles. The highest BCUT2D eigenvalue weighted by molar-refractivity contribution is 5.15. The molecular formula is C11H15NO2. The second-order valence-corrected chi connectivity index (χ2v) is 3.76. The van der Waals surface area contributed by atoms with Crippen molar-refractivity contribution in [2.24, 2.45) is 5.92 Å². The lowest BCUT2D eigenvalue weighted by molar-refractivity contribution is 0.0240. The van der Waals surface area contributed by atoms with Crippen LogP contribution in [-0.2, 0) is 0 Å². The van der Waals surface area contributed by atoms with E-state index in [0.717, 1.165) is 18.6 Å². The highest BCUT2D eigenvalue weighted by Gasteiger charge is 2.25. The first-order valence-corrected chi connectivity index (χ1v) is 5.07. The minimum absolute atomic E-state index is 0.316. The van der Waals surface area contributed by atoms with Crippen LogP contribution in [0.5, 0.6) is 5.75 Å². The lowest BCUT2D eigenvalue weighted by Gasteiger charge is -2.29. The molecule has 0 aliphatic heterocycles. The van der Waals surface area contributed by atoms with Crippen molar-refractivity contribution in [2.75, 3.05) is 6.61 Å². The molecule has 3 nitrogen and oxygen atoms in total. The Morgan fingerprint density at radius 2 is 2.43 bits per heavy atom. The zero-order chi connectivity index (χ0) is 9.80. The molecule has 1 aromatic heterocycles. The predicted octanol–water partition coefficient (Wildman–Crippen LogP) is 1.62. The topological polar surface area (TPSA) is 42.4 Å². The van der Waals surface area contributed by atoms with E-state index >= 15 is 0 Å². The number of nitrogens with zero attached hydrogens (tertiary/aromatic N) is 1. The average Bonchev–Trinajstić information content (AvgIpc) is 2.14. The molecule has 3 heteroatoms. The van der Waals surface area contributed by atoms with Crippen molar-refractivity contribution >= 4 is 0 Å². The summed E-state index contributed by atoms with van der Waals surface area (Å²) in [6.07, 6.45) is 6.57. The zero-order valence-corrected chi connectivity index (χ0v) is 8.10. The molecule has 0 saturated heterocycles. The number of aliphatic hydroxyl groups excluding tert-OH is 1. The van der Waals surface area contributed by atoms with Crippen LogP contribution in [0.3, 0.4) is 0 Å². The van der Waals surface area contributed by atoms with Crippen molar-refractivity contribution in [3.63, 3.8) is 0 Å². The fourth-order valence-electron chi connectivity index (χ4n) is 1.57. The molecule has 76 valence electrons. The molecule has 14 heavy (non-hydrogen) atoms. The Morgan fingerprint density at radius 3 is 3.00 bits per heavy atom. The van der Waals surface area contributed by atoms with Crippen molar-refractivity contribution in [3.8, 4) is 5.75 Å². The van der Waals surface area contributed by atoms with E-state index in [1.807, 2.05) is 12.1 Å². The van der Waals surface area contributed by atoms with Gasteiger partial charge < -0.3 is 9.84 Å². The molecule has 0 bridgehead atoms. The van der Waals surface area contributed by atoms with Crippen molar-refractivity contribution in [1.29, 1.82) is 0 Å². The van der Waals surface area contributed by atoms with E-state index in [0.29, 0.717) is 12.5 Å². The van der Waals surface area contributed by atoms with Crippen LogP contribution in [0.15, 0.2) is 24.5 Å². The third-order valence-electron chi connectivity index (χ3n) is 2.75. The second kappa shape index (κ2) is 4.42. The quantitative estimate of drug-likeness (QED) is 0.790. The number of aliphatic hydroxyl groups is 1. The van der Waals surface area contributed by atoms with Gasteiger partial charge in [0.1, 0.15) is 12.4 Å². The largest absolute Gasteiger partial charge is 0.489 e. The lowest BCUT2D eigenvalue weighted by Crippen LogP contribution is -2.31. The van der Waals surface area contributed by atoms with E-state index in [4.69, 9.17) is 4.74 Å². The van der Waals surface area contributed by atoms with Gasteiger partial charge in [-0.2, -0.15) is 0 Å². The third kappa shape index (κ3) is 2.23. The minimum Gasteiger partial charge on any atom is -0.489 e. The van der Waals surface area contributed by atoms with Gasteiger partial charge in [-0.1, -0.05) is 6.42 Å². The van der Waals surface area contributed by atoms with Crippen LogP contribution in [0.4, 0.5) is 0 Å². The van der Waals surface area contributed by atoms with Crippen molar-refractivity contribution in [3.05, 3.63) is 24.5 Å². The first-order valence-electron chi connectivity index (χ1n) is 5.07. The van der Waals surface area contributed by atoms with Gasteiger partial charge in [0.15, 0.2) is 0 Å². The summed E-state index contributed by atoms with van der Waals surface area (Å²) in [7, 11) is 0. The SMILES string of the molecule is OC(COc1cccnc1)C1CCC1. The molecule has 1 aromatic rings. The van der Waals surface area contributed by atoms with Crippen LogP contribution in [0.1, 0.15) is 19.3 Å². The van der Waals surface area contributed by atoms with Crippen LogP contribution in [0.2, 0.25) is 0 Å². The summed E-state index contributed by atoms with van der Waals surface area (Å²) in [5, 5.41) is 9.68. The maximum atomic E-state index is 9.68. The molecule has 1 fully saturated rings. The van der Waals surface area contributed by atoms with E-state index in [2.05, 4.69) is 4.98 Å². The molecule has 1 aliphatic rings. The fourth-order valence-corrected chi connectivity index (χ4v) is 1.57. The van der Waals surface area contributed by atoms with E-state index in [1.165, 1.54) is 6.42 Å². The molecule has 0 amide bonds. The summed E-state index contributed by atoms with van der Waals surface area (Å²) in [6, 6.07) is 3.67. The Labute approximate surface area is 83.7 Å². The van der Waals surface area contributed by atoms with Gasteiger partial charge in [-0.05, 0) is 30.9 Å². The Balaban J connectivity index is 1.76. The smallest absolute Gasteiger partial charge is 0.137 e. The molecule has 1 atom stereocenters. The van der Waals surface area contributed by atoms with E-state index in [-0.39, 0.29) is 6.10 Å². The molecule has 1 unspecified atom stereocenters. The molecular weight excluding hydrogens is 178 g/mol. The minimum atomic E-state index is -0.316. The third-order valence-corrected chi connectivity index (χ3v) is 2.75. The van der Waals surface area contributed by atoms with Gasteiger partial charge in [-0.15, -0.1) is 0 Å². The number of rotatable bonds is 4. The van der Waals surface area contributed by atoms with Gasteiger partial charge in [0, 0.05) is 6.20 Å². The Kier molecular flexibility index (Phi) is 2.99. The van der Waals surface area contributed by atoms with Gasteiger partial charge >= 0.3 is 0 Å². The zero-order valence-electron chi connectivity index (χ0n) is 8.10. The summed E-state index contributed by atoms with van der Waals surface area (Å²) >= 11 is 0. The van der Waals surface area contributed by atoms with E-state index < -0.39 is 0 Å². The molecule has 0 spiro atoms. The van der Waals surface area contributed by atoms with Gasteiger partial charge in [-0.3, -0.25) is 4.98 Å².